The minimum Gasteiger partial charge on any atom is -0.454 e. The summed E-state index contributed by atoms with van der Waals surface area (Å²) in [7, 11) is 0. The Bertz CT molecular complexity index is 1270. The molecule has 7 nitrogen and oxygen atoms in total. The van der Waals surface area contributed by atoms with E-state index in [1.807, 2.05) is 6.07 Å². The van der Waals surface area contributed by atoms with Gasteiger partial charge in [-0.25, -0.2) is 4.39 Å². The molecule has 3 aromatic rings. The van der Waals surface area contributed by atoms with Crippen LogP contribution in [-0.4, -0.2) is 25.2 Å². The summed E-state index contributed by atoms with van der Waals surface area (Å²) in [6, 6.07) is 18.2. The van der Waals surface area contributed by atoms with Crippen LogP contribution in [0.25, 0.3) is 6.08 Å². The van der Waals surface area contributed by atoms with Crippen molar-refractivity contribution in [2.24, 2.45) is 0 Å². The molecule has 0 fully saturated rings. The van der Waals surface area contributed by atoms with E-state index in [4.69, 9.17) is 14.2 Å². The highest BCUT2D eigenvalue weighted by atomic mass is 19.1. The molecule has 0 unspecified atom stereocenters. The minimum absolute atomic E-state index is 0.00266. The van der Waals surface area contributed by atoms with Crippen LogP contribution in [0, 0.1) is 5.82 Å². The maximum atomic E-state index is 13.6. The van der Waals surface area contributed by atoms with E-state index in [0.29, 0.717) is 28.5 Å². The Morgan fingerprint density at radius 2 is 1.85 bits per heavy atom. The molecule has 0 saturated carbocycles. The van der Waals surface area contributed by atoms with Gasteiger partial charge in [0.1, 0.15) is 12.4 Å². The van der Waals surface area contributed by atoms with Crippen LogP contribution in [0.3, 0.4) is 0 Å². The lowest BCUT2D eigenvalue weighted by Gasteiger charge is -2.30. The summed E-state index contributed by atoms with van der Waals surface area (Å²) >= 11 is 0. The van der Waals surface area contributed by atoms with Crippen LogP contribution in [0.4, 0.5) is 10.1 Å². The van der Waals surface area contributed by atoms with Gasteiger partial charge in [0, 0.05) is 6.54 Å². The molecule has 3 aromatic carbocycles. The van der Waals surface area contributed by atoms with E-state index in [-0.39, 0.29) is 31.5 Å². The average molecular weight is 446 g/mol. The highest BCUT2D eigenvalue weighted by molar-refractivity contribution is 6.12. The monoisotopic (exact) mass is 446 g/mol. The molecule has 33 heavy (non-hydrogen) atoms. The standard InChI is InChI=1S/C25H19FN2O5/c26-18-5-3-4-16(10-18)11-23-25(30)28(19-6-1-2-7-20(19)33-23)14-24(29)27-13-17-8-9-21-22(12-17)32-15-31-21/h1-12H,13-15H2,(H,27,29). The molecule has 166 valence electrons. The second-order valence-corrected chi connectivity index (χ2v) is 7.49. The first-order valence-corrected chi connectivity index (χ1v) is 10.3. The Hall–Kier alpha value is -4.33. The summed E-state index contributed by atoms with van der Waals surface area (Å²) in [5.41, 5.74) is 1.80. The van der Waals surface area contributed by atoms with E-state index in [9.17, 15) is 14.0 Å². The van der Waals surface area contributed by atoms with E-state index >= 15 is 0 Å². The molecule has 5 rings (SSSR count). The highest BCUT2D eigenvalue weighted by Gasteiger charge is 2.31. The van der Waals surface area contributed by atoms with Crippen molar-refractivity contribution in [2.45, 2.75) is 6.54 Å². The number of ether oxygens (including phenoxy) is 3. The SMILES string of the molecule is O=C(CN1C(=O)C(=Cc2cccc(F)c2)Oc2ccccc21)NCc1ccc2c(c1)OCO2. The molecule has 2 heterocycles. The molecule has 0 radical (unpaired) electrons. The lowest BCUT2D eigenvalue weighted by molar-refractivity contribution is -0.123. The van der Waals surface area contributed by atoms with Gasteiger partial charge in [0.05, 0.1) is 5.69 Å². The molecular weight excluding hydrogens is 427 g/mol. The van der Waals surface area contributed by atoms with Crippen molar-refractivity contribution in [2.75, 3.05) is 18.2 Å². The Morgan fingerprint density at radius 1 is 1.00 bits per heavy atom. The summed E-state index contributed by atoms with van der Waals surface area (Å²) in [4.78, 5) is 27.2. The zero-order valence-electron chi connectivity index (χ0n) is 17.4. The molecular formula is C25H19FN2O5. The summed E-state index contributed by atoms with van der Waals surface area (Å²) in [5.74, 6) is 0.474. The van der Waals surface area contributed by atoms with Gasteiger partial charge in [-0.2, -0.15) is 0 Å². The van der Waals surface area contributed by atoms with Gasteiger partial charge in [0.2, 0.25) is 12.7 Å². The number of halogens is 1. The van der Waals surface area contributed by atoms with Crippen molar-refractivity contribution in [1.29, 1.82) is 0 Å². The summed E-state index contributed by atoms with van der Waals surface area (Å²) in [6.45, 7) is 0.237. The number of anilines is 1. The van der Waals surface area contributed by atoms with Crippen LogP contribution < -0.4 is 24.4 Å². The van der Waals surface area contributed by atoms with E-state index in [0.717, 1.165) is 5.56 Å². The first-order chi connectivity index (χ1) is 16.1. The van der Waals surface area contributed by atoms with Gasteiger partial charge in [-0.1, -0.05) is 30.3 Å². The Kier molecular flexibility index (Phi) is 5.40. The zero-order chi connectivity index (χ0) is 22.8. The van der Waals surface area contributed by atoms with Gasteiger partial charge in [-0.3, -0.25) is 14.5 Å². The van der Waals surface area contributed by atoms with Crippen molar-refractivity contribution < 1.29 is 28.2 Å². The minimum atomic E-state index is -0.490. The number of hydrogen-bond donors (Lipinski definition) is 1. The molecule has 2 aliphatic heterocycles. The number of nitrogens with one attached hydrogen (secondary N) is 1. The molecule has 0 spiro atoms. The second-order valence-electron chi connectivity index (χ2n) is 7.49. The summed E-state index contributed by atoms with van der Waals surface area (Å²) in [5, 5.41) is 2.82. The van der Waals surface area contributed by atoms with Crippen molar-refractivity contribution in [3.63, 3.8) is 0 Å². The molecule has 0 aliphatic carbocycles. The van der Waals surface area contributed by atoms with Crippen LogP contribution in [-0.2, 0) is 16.1 Å². The predicted molar refractivity (Wildman–Crippen MR) is 118 cm³/mol. The lowest BCUT2D eigenvalue weighted by atomic mass is 10.1. The molecule has 0 atom stereocenters. The lowest BCUT2D eigenvalue weighted by Crippen LogP contribution is -2.44. The van der Waals surface area contributed by atoms with Crippen LogP contribution >= 0.6 is 0 Å². The molecule has 2 amide bonds. The van der Waals surface area contributed by atoms with Crippen LogP contribution in [0.15, 0.2) is 72.5 Å². The average Bonchev–Trinajstić information content (AvgIpc) is 3.28. The number of carbonyl (C=O) groups is 2. The quantitative estimate of drug-likeness (QED) is 0.606. The van der Waals surface area contributed by atoms with E-state index in [2.05, 4.69) is 5.32 Å². The van der Waals surface area contributed by atoms with Gasteiger partial charge in [-0.15, -0.1) is 0 Å². The fraction of sp³-hybridized carbons (Fsp3) is 0.120. The van der Waals surface area contributed by atoms with Crippen molar-refractivity contribution in [3.05, 3.63) is 89.4 Å². The number of carbonyl (C=O) groups excluding carboxylic acids is 2. The van der Waals surface area contributed by atoms with Gasteiger partial charge in [0.15, 0.2) is 23.0 Å². The maximum Gasteiger partial charge on any atom is 0.294 e. The fourth-order valence-corrected chi connectivity index (χ4v) is 3.62. The van der Waals surface area contributed by atoms with Crippen molar-refractivity contribution in [3.8, 4) is 17.2 Å². The second kappa shape index (κ2) is 8.66. The van der Waals surface area contributed by atoms with Gasteiger partial charge < -0.3 is 19.5 Å². The number of fused-ring (bicyclic) bond motifs is 2. The summed E-state index contributed by atoms with van der Waals surface area (Å²) in [6.07, 6.45) is 1.46. The first-order valence-electron chi connectivity index (χ1n) is 10.3. The number of amides is 2. The van der Waals surface area contributed by atoms with E-state index < -0.39 is 11.7 Å². The number of rotatable bonds is 5. The topological polar surface area (TPSA) is 77.1 Å². The molecule has 1 N–H and O–H groups in total. The molecule has 0 bridgehead atoms. The number of benzene rings is 3. The van der Waals surface area contributed by atoms with Crippen LogP contribution in [0.5, 0.6) is 17.2 Å². The summed E-state index contributed by atoms with van der Waals surface area (Å²) < 4.78 is 30.0. The third kappa shape index (κ3) is 4.36. The van der Waals surface area contributed by atoms with Crippen LogP contribution in [0.2, 0.25) is 0 Å². The number of nitrogens with zero attached hydrogens (tertiary/aromatic N) is 1. The Balaban J connectivity index is 1.33. The zero-order valence-corrected chi connectivity index (χ0v) is 17.4. The third-order valence-electron chi connectivity index (χ3n) is 5.21. The Morgan fingerprint density at radius 3 is 2.73 bits per heavy atom. The highest BCUT2D eigenvalue weighted by Crippen LogP contribution is 2.35. The van der Waals surface area contributed by atoms with Crippen LogP contribution in [0.1, 0.15) is 11.1 Å². The first kappa shape index (κ1) is 20.6. The Labute approximate surface area is 189 Å². The number of hydrogen-bond acceptors (Lipinski definition) is 5. The maximum absolute atomic E-state index is 13.6. The third-order valence-corrected chi connectivity index (χ3v) is 5.21. The van der Waals surface area contributed by atoms with Gasteiger partial charge in [0.25, 0.3) is 5.91 Å². The molecule has 0 aromatic heterocycles. The number of para-hydroxylation sites is 2. The van der Waals surface area contributed by atoms with Gasteiger partial charge in [-0.05, 0) is 53.6 Å². The molecule has 8 heteroatoms. The normalized spacial score (nSPS) is 15.2. The van der Waals surface area contributed by atoms with Crippen molar-refractivity contribution >= 4 is 23.6 Å². The fourth-order valence-electron chi connectivity index (χ4n) is 3.62. The van der Waals surface area contributed by atoms with E-state index in [1.165, 1.54) is 23.1 Å². The van der Waals surface area contributed by atoms with Crippen molar-refractivity contribution in [1.82, 2.24) is 5.32 Å². The predicted octanol–water partition coefficient (Wildman–Crippen LogP) is 3.64. The largest absolute Gasteiger partial charge is 0.454 e. The smallest absolute Gasteiger partial charge is 0.294 e. The molecule has 0 saturated heterocycles. The van der Waals surface area contributed by atoms with Gasteiger partial charge >= 0.3 is 0 Å². The van der Waals surface area contributed by atoms with E-state index in [1.54, 1.807) is 48.5 Å². The molecule has 2 aliphatic rings.